The normalized spacial score (nSPS) is 12.6. The van der Waals surface area contributed by atoms with Crippen LogP contribution < -0.4 is 9.97 Å². The van der Waals surface area contributed by atoms with E-state index in [4.69, 9.17) is 29.8 Å². The molecule has 2 aliphatic rings. The van der Waals surface area contributed by atoms with Gasteiger partial charge in [-0.25, -0.2) is 9.97 Å². The number of aryl methyl sites for hydroxylation is 4. The minimum atomic E-state index is -0.833. The second-order valence-corrected chi connectivity index (χ2v) is 11.3. The van der Waals surface area contributed by atoms with Crippen molar-refractivity contribution in [2.45, 2.75) is 114 Å². The molecule has 5 rings (SSSR count). The van der Waals surface area contributed by atoms with Crippen molar-refractivity contribution in [1.29, 1.82) is 0 Å². The van der Waals surface area contributed by atoms with Crippen molar-refractivity contribution in [3.05, 3.63) is 69.3 Å². The number of aliphatic carboxylic acids is 1. The molecule has 0 amide bonds. The van der Waals surface area contributed by atoms with Gasteiger partial charge in [0.05, 0.1) is 22.8 Å². The number of rotatable bonds is 8. The number of carboxylic acids is 1. The van der Waals surface area contributed by atoms with Crippen molar-refractivity contribution < 1.29 is 26.7 Å². The van der Waals surface area contributed by atoms with Crippen LogP contribution in [0.3, 0.4) is 0 Å². The van der Waals surface area contributed by atoms with Crippen LogP contribution in [0.15, 0.2) is 24.3 Å². The molecule has 45 heavy (non-hydrogen) atoms. The molecule has 0 atom stereocenters. The summed E-state index contributed by atoms with van der Waals surface area (Å²) in [5.74, 6) is -0.833. The monoisotopic (exact) mass is 651 g/mol. The first-order chi connectivity index (χ1) is 21.2. The number of hydrogen-bond acceptors (Lipinski definition) is 3. The molecule has 7 heteroatoms. The summed E-state index contributed by atoms with van der Waals surface area (Å²) in [7, 11) is 0. The summed E-state index contributed by atoms with van der Waals surface area (Å²) in [5.41, 5.74) is 19.1. The van der Waals surface area contributed by atoms with E-state index in [2.05, 4.69) is 79.7 Å². The minimum Gasteiger partial charge on any atom is -0.657 e. The Balaban J connectivity index is 0.00000104. The Morgan fingerprint density at radius 1 is 0.511 bits per heavy atom. The Labute approximate surface area is 279 Å². The number of carboxylic acid groups (broad SMARTS) is 1. The van der Waals surface area contributed by atoms with E-state index in [9.17, 15) is 0 Å². The van der Waals surface area contributed by atoms with Crippen LogP contribution in [0.1, 0.15) is 133 Å². The molecule has 2 aliphatic heterocycles. The minimum absolute atomic E-state index is 0. The Morgan fingerprint density at radius 3 is 0.867 bits per heavy atom. The third-order valence-corrected chi connectivity index (χ3v) is 8.82. The summed E-state index contributed by atoms with van der Waals surface area (Å²) >= 11 is 0. The largest absolute Gasteiger partial charge is 2.00 e. The van der Waals surface area contributed by atoms with Gasteiger partial charge in [-0.3, -0.25) is 4.79 Å². The van der Waals surface area contributed by atoms with Crippen molar-refractivity contribution in [3.8, 4) is 0 Å². The molecular weight excluding hydrogens is 603 g/mol. The van der Waals surface area contributed by atoms with E-state index in [1.54, 1.807) is 0 Å². The fourth-order valence-corrected chi connectivity index (χ4v) is 6.92. The molecule has 8 bridgehead atoms. The summed E-state index contributed by atoms with van der Waals surface area (Å²) in [6, 6.07) is 8.98. The van der Waals surface area contributed by atoms with Gasteiger partial charge in [0.15, 0.2) is 0 Å². The SMILES string of the molecule is CC(=O)O.CCC1=C(CC)c2cc3[n-]c(cc4nc(cc5[n-]c(cc1n2)c(CC)c5CC)C(CC)=C4CC)c(CC)c3CC.[Co+2]. The van der Waals surface area contributed by atoms with Crippen LogP contribution >= 0.6 is 0 Å². The first-order valence-corrected chi connectivity index (χ1v) is 16.5. The zero-order valence-electron chi connectivity index (χ0n) is 28.4. The smallest absolute Gasteiger partial charge is 0.657 e. The summed E-state index contributed by atoms with van der Waals surface area (Å²) in [6.45, 7) is 19.0. The van der Waals surface area contributed by atoms with Crippen molar-refractivity contribution in [3.63, 3.8) is 0 Å². The van der Waals surface area contributed by atoms with Crippen LogP contribution in [0.5, 0.6) is 0 Å². The molecule has 0 spiro atoms. The predicted octanol–water partition coefficient (Wildman–Crippen LogP) is 9.37. The van der Waals surface area contributed by atoms with E-state index >= 15 is 0 Å². The summed E-state index contributed by atoms with van der Waals surface area (Å²) in [4.78, 5) is 30.0. The summed E-state index contributed by atoms with van der Waals surface area (Å²) in [5, 5.41) is 7.42. The van der Waals surface area contributed by atoms with Gasteiger partial charge in [0.25, 0.3) is 5.97 Å². The van der Waals surface area contributed by atoms with Crippen molar-refractivity contribution in [2.75, 3.05) is 0 Å². The van der Waals surface area contributed by atoms with Crippen LogP contribution in [0, 0.1) is 0 Å². The Kier molecular flexibility index (Phi) is 12.6. The fraction of sp³-hybridized carbons (Fsp3) is 0.447. The zero-order chi connectivity index (χ0) is 32.1. The maximum atomic E-state index is 9.00. The Hall–Kier alpha value is -3.42. The third kappa shape index (κ3) is 7.05. The van der Waals surface area contributed by atoms with Crippen LogP contribution in [0.2, 0.25) is 0 Å². The fourth-order valence-electron chi connectivity index (χ4n) is 6.92. The van der Waals surface area contributed by atoms with E-state index in [1.165, 1.54) is 44.5 Å². The third-order valence-electron chi connectivity index (χ3n) is 8.82. The predicted molar refractivity (Wildman–Crippen MR) is 185 cm³/mol. The number of carbonyl (C=O) groups is 1. The Bertz CT molecular complexity index is 1550. The zero-order valence-corrected chi connectivity index (χ0v) is 29.5. The molecule has 0 aromatic carbocycles. The molecule has 0 fully saturated rings. The maximum Gasteiger partial charge on any atom is 2.00 e. The molecule has 0 aliphatic carbocycles. The van der Waals surface area contributed by atoms with Gasteiger partial charge >= 0.3 is 16.8 Å². The van der Waals surface area contributed by atoms with Gasteiger partial charge in [-0.15, -0.1) is 22.1 Å². The summed E-state index contributed by atoms with van der Waals surface area (Å²) in [6.07, 6.45) is 7.60. The second kappa shape index (κ2) is 15.7. The standard InChI is InChI=1S/C36H44N4.C2H4O2.Co/c1-9-21-22(10-2)30-18-32-25(13-5)26(14-6)34(39-32)20-36-28(16-8)27(15-7)35(40-36)19-33-24(12-4)23(11-3)31(38-33)17-29(21)37-30;1-2(3)4;/h17-20H,9-16H2,1-8H3;1H3,(H,3,4);/q-2;;+2. The molecule has 1 N–H and O–H groups in total. The van der Waals surface area contributed by atoms with Gasteiger partial charge < -0.3 is 15.1 Å². The number of fused-ring (bicyclic) bond motifs is 8. The van der Waals surface area contributed by atoms with Crippen LogP contribution in [0.25, 0.3) is 44.4 Å². The molecule has 1 radical (unpaired) electrons. The molecule has 3 aromatic rings. The number of nitrogens with zero attached hydrogens (tertiary/aromatic N) is 4. The maximum absolute atomic E-state index is 9.00. The molecule has 3 aromatic heterocycles. The molecule has 5 heterocycles. The average Bonchev–Trinajstić information content (AvgIpc) is 3.71. The van der Waals surface area contributed by atoms with Gasteiger partial charge in [-0.2, -0.15) is 0 Å². The number of aromatic nitrogens is 4. The van der Waals surface area contributed by atoms with E-state index in [-0.39, 0.29) is 16.8 Å². The quantitative estimate of drug-likeness (QED) is 0.261. The number of allylic oxidation sites excluding steroid dienone is 4. The first-order valence-electron chi connectivity index (χ1n) is 16.5. The topological polar surface area (TPSA) is 91.3 Å². The molecule has 6 nitrogen and oxygen atoms in total. The van der Waals surface area contributed by atoms with E-state index in [1.807, 2.05) is 0 Å². The van der Waals surface area contributed by atoms with Gasteiger partial charge in [-0.05, 0) is 73.7 Å². The molecule has 0 unspecified atom stereocenters. The van der Waals surface area contributed by atoms with E-state index in [0.717, 1.165) is 103 Å². The van der Waals surface area contributed by atoms with Crippen LogP contribution in [0.4, 0.5) is 0 Å². The van der Waals surface area contributed by atoms with Gasteiger partial charge in [0.1, 0.15) is 0 Å². The van der Waals surface area contributed by atoms with Crippen LogP contribution in [-0.2, 0) is 47.3 Å². The molecule has 0 saturated carbocycles. The Morgan fingerprint density at radius 2 is 0.711 bits per heavy atom. The van der Waals surface area contributed by atoms with Gasteiger partial charge in [-0.1, -0.05) is 102 Å². The van der Waals surface area contributed by atoms with Crippen molar-refractivity contribution in [2.24, 2.45) is 0 Å². The first kappa shape index (κ1) is 36.0. The van der Waals surface area contributed by atoms with Crippen molar-refractivity contribution >= 4 is 50.3 Å². The summed E-state index contributed by atoms with van der Waals surface area (Å²) < 4.78 is 0. The number of hydrogen-bond donors (Lipinski definition) is 1. The van der Waals surface area contributed by atoms with E-state index in [0.29, 0.717) is 0 Å². The molecule has 0 saturated heterocycles. The van der Waals surface area contributed by atoms with E-state index < -0.39 is 5.97 Å². The molecular formula is C38H48CoN4O2. The van der Waals surface area contributed by atoms with Crippen LogP contribution in [-0.4, -0.2) is 21.0 Å². The average molecular weight is 652 g/mol. The molecule has 241 valence electrons. The van der Waals surface area contributed by atoms with Gasteiger partial charge in [0.2, 0.25) is 0 Å². The van der Waals surface area contributed by atoms with Gasteiger partial charge in [0, 0.05) is 6.92 Å². The second-order valence-electron chi connectivity index (χ2n) is 11.3. The van der Waals surface area contributed by atoms with Crippen molar-refractivity contribution in [1.82, 2.24) is 19.9 Å².